The van der Waals surface area contributed by atoms with Crippen LogP contribution in [-0.4, -0.2) is 49.5 Å². The van der Waals surface area contributed by atoms with Crippen LogP contribution in [0.5, 0.6) is 0 Å². The van der Waals surface area contributed by atoms with Gasteiger partial charge in [-0.05, 0) is 74.7 Å². The summed E-state index contributed by atoms with van der Waals surface area (Å²) < 4.78 is 27.7. The molecule has 0 radical (unpaired) electrons. The first kappa shape index (κ1) is 32.9. The number of anilines is 1. The van der Waals surface area contributed by atoms with E-state index in [1.54, 1.807) is 36.4 Å². The molecule has 0 aliphatic heterocycles. The SMILES string of the molecule is Cc1cc(N(CC(=O)N(Cc2ccc(Cl)c(Cl)c2)[C@H](Cc2ccccc2)C(=O)NC(C)(C)C)S(C)(=O)=O)ccc1Br. The number of sulfonamides is 1. The second-order valence-electron chi connectivity index (χ2n) is 10.9. The molecule has 220 valence electrons. The average Bonchev–Trinajstić information content (AvgIpc) is 2.87. The fourth-order valence-corrected chi connectivity index (χ4v) is 5.65. The van der Waals surface area contributed by atoms with Gasteiger partial charge in [-0.3, -0.25) is 13.9 Å². The number of rotatable bonds is 10. The van der Waals surface area contributed by atoms with E-state index in [9.17, 15) is 18.0 Å². The molecule has 0 aromatic heterocycles. The van der Waals surface area contributed by atoms with Gasteiger partial charge in [0, 0.05) is 23.0 Å². The molecule has 0 bridgehead atoms. The summed E-state index contributed by atoms with van der Waals surface area (Å²) >= 11 is 15.8. The van der Waals surface area contributed by atoms with Gasteiger partial charge in [-0.25, -0.2) is 8.42 Å². The molecule has 0 fully saturated rings. The number of benzene rings is 3. The zero-order valence-electron chi connectivity index (χ0n) is 23.6. The monoisotopic (exact) mass is 681 g/mol. The summed E-state index contributed by atoms with van der Waals surface area (Å²) in [4.78, 5) is 29.3. The third-order valence-electron chi connectivity index (χ3n) is 6.21. The third kappa shape index (κ3) is 9.46. The summed E-state index contributed by atoms with van der Waals surface area (Å²) in [5.74, 6) is -0.910. The van der Waals surface area contributed by atoms with Crippen LogP contribution in [0, 0.1) is 6.92 Å². The number of hydrogen-bond donors (Lipinski definition) is 1. The predicted octanol–water partition coefficient (Wildman–Crippen LogP) is 6.39. The highest BCUT2D eigenvalue weighted by molar-refractivity contribution is 9.10. The maximum Gasteiger partial charge on any atom is 0.244 e. The predicted molar refractivity (Wildman–Crippen MR) is 170 cm³/mol. The van der Waals surface area contributed by atoms with Crippen molar-refractivity contribution in [3.05, 3.63) is 97.9 Å². The Balaban J connectivity index is 2.10. The summed E-state index contributed by atoms with van der Waals surface area (Å²) in [6.45, 7) is 6.90. The van der Waals surface area contributed by atoms with Gasteiger partial charge in [0.25, 0.3) is 0 Å². The fourth-order valence-electron chi connectivity index (χ4n) is 4.24. The second-order valence-corrected chi connectivity index (χ2v) is 14.5. The molecule has 0 heterocycles. The van der Waals surface area contributed by atoms with E-state index < -0.39 is 34.1 Å². The summed E-state index contributed by atoms with van der Waals surface area (Å²) in [6, 6.07) is 18.4. The molecule has 0 saturated heterocycles. The van der Waals surface area contributed by atoms with E-state index in [-0.39, 0.29) is 18.9 Å². The highest BCUT2D eigenvalue weighted by Crippen LogP contribution is 2.27. The van der Waals surface area contributed by atoms with Crippen molar-refractivity contribution in [1.82, 2.24) is 10.2 Å². The maximum atomic E-state index is 14.2. The van der Waals surface area contributed by atoms with Crippen LogP contribution >= 0.6 is 39.1 Å². The Morgan fingerprint density at radius 2 is 1.61 bits per heavy atom. The van der Waals surface area contributed by atoms with Crippen LogP contribution in [0.2, 0.25) is 10.0 Å². The molecule has 0 aliphatic rings. The average molecular weight is 683 g/mol. The first-order valence-corrected chi connectivity index (χ1v) is 16.3. The smallest absolute Gasteiger partial charge is 0.244 e. The van der Waals surface area contributed by atoms with E-state index in [2.05, 4.69) is 21.2 Å². The van der Waals surface area contributed by atoms with Crippen LogP contribution in [0.4, 0.5) is 5.69 Å². The minimum absolute atomic E-state index is 0.00174. The largest absolute Gasteiger partial charge is 0.350 e. The zero-order chi connectivity index (χ0) is 30.5. The molecule has 1 N–H and O–H groups in total. The standard InChI is InChI=1S/C30H34BrCl2N3O4S/c1-20-15-23(12-13-24(20)31)36(41(5,39)40)19-28(37)35(18-22-11-14-25(32)26(33)16-22)27(29(38)34-30(2,3)4)17-21-9-7-6-8-10-21/h6-16,27H,17-19H2,1-5H3,(H,34,38)/t27-/m1/s1. The number of halogens is 3. The highest BCUT2D eigenvalue weighted by Gasteiger charge is 2.34. The Hall–Kier alpha value is -2.59. The minimum Gasteiger partial charge on any atom is -0.350 e. The topological polar surface area (TPSA) is 86.8 Å². The lowest BCUT2D eigenvalue weighted by Gasteiger charge is -2.35. The van der Waals surface area contributed by atoms with E-state index in [1.807, 2.05) is 58.0 Å². The summed E-state index contributed by atoms with van der Waals surface area (Å²) in [5.41, 5.74) is 2.06. The Bertz CT molecular complexity index is 1510. The van der Waals surface area contributed by atoms with E-state index in [0.717, 1.165) is 26.2 Å². The summed E-state index contributed by atoms with van der Waals surface area (Å²) in [6.07, 6.45) is 1.26. The van der Waals surface area contributed by atoms with Crippen LogP contribution in [0.1, 0.15) is 37.5 Å². The van der Waals surface area contributed by atoms with Crippen molar-refractivity contribution in [2.24, 2.45) is 0 Å². The first-order chi connectivity index (χ1) is 19.0. The Labute approximate surface area is 261 Å². The van der Waals surface area contributed by atoms with Crippen LogP contribution < -0.4 is 9.62 Å². The van der Waals surface area contributed by atoms with Crippen molar-refractivity contribution in [1.29, 1.82) is 0 Å². The van der Waals surface area contributed by atoms with Crippen molar-refractivity contribution < 1.29 is 18.0 Å². The lowest BCUT2D eigenvalue weighted by Crippen LogP contribution is -2.56. The van der Waals surface area contributed by atoms with Gasteiger partial charge in [-0.1, -0.05) is 75.5 Å². The van der Waals surface area contributed by atoms with Gasteiger partial charge < -0.3 is 10.2 Å². The molecule has 0 spiro atoms. The number of aryl methyl sites for hydroxylation is 1. The van der Waals surface area contributed by atoms with Crippen LogP contribution in [0.25, 0.3) is 0 Å². The van der Waals surface area contributed by atoms with Crippen molar-refractivity contribution in [3.63, 3.8) is 0 Å². The maximum absolute atomic E-state index is 14.2. The fraction of sp³-hybridized carbons (Fsp3) is 0.333. The van der Waals surface area contributed by atoms with E-state index in [4.69, 9.17) is 23.2 Å². The van der Waals surface area contributed by atoms with E-state index in [0.29, 0.717) is 21.3 Å². The Kier molecular flexibility index (Phi) is 10.9. The number of hydrogen-bond acceptors (Lipinski definition) is 4. The summed E-state index contributed by atoms with van der Waals surface area (Å²) in [7, 11) is -3.86. The number of nitrogens with zero attached hydrogens (tertiary/aromatic N) is 2. The molecule has 0 aliphatic carbocycles. The Morgan fingerprint density at radius 1 is 0.951 bits per heavy atom. The van der Waals surface area contributed by atoms with Gasteiger partial charge in [0.05, 0.1) is 22.0 Å². The molecule has 3 aromatic carbocycles. The second kappa shape index (κ2) is 13.6. The third-order valence-corrected chi connectivity index (χ3v) is 8.98. The molecule has 0 unspecified atom stereocenters. The molecular formula is C30H34BrCl2N3O4S. The summed E-state index contributed by atoms with van der Waals surface area (Å²) in [5, 5.41) is 3.65. The molecule has 3 rings (SSSR count). The Morgan fingerprint density at radius 3 is 2.17 bits per heavy atom. The van der Waals surface area contributed by atoms with Gasteiger partial charge >= 0.3 is 0 Å². The lowest BCUT2D eigenvalue weighted by atomic mass is 10.0. The van der Waals surface area contributed by atoms with E-state index >= 15 is 0 Å². The normalized spacial score (nSPS) is 12.5. The quantitative estimate of drug-likeness (QED) is 0.269. The number of carbonyl (C=O) groups is 2. The molecule has 3 aromatic rings. The van der Waals surface area contributed by atoms with Crippen LogP contribution in [0.3, 0.4) is 0 Å². The zero-order valence-corrected chi connectivity index (χ0v) is 27.5. The van der Waals surface area contributed by atoms with Crippen LogP contribution in [0.15, 0.2) is 71.2 Å². The van der Waals surface area contributed by atoms with Gasteiger partial charge in [0.1, 0.15) is 12.6 Å². The number of nitrogens with one attached hydrogen (secondary N) is 1. The highest BCUT2D eigenvalue weighted by atomic mass is 79.9. The van der Waals surface area contributed by atoms with Crippen LogP contribution in [-0.2, 0) is 32.6 Å². The molecule has 7 nitrogen and oxygen atoms in total. The van der Waals surface area contributed by atoms with Gasteiger partial charge in [0.2, 0.25) is 21.8 Å². The molecule has 41 heavy (non-hydrogen) atoms. The number of amides is 2. The molecule has 0 saturated carbocycles. The van der Waals surface area contributed by atoms with Crippen molar-refractivity contribution in [2.75, 3.05) is 17.1 Å². The molecular weight excluding hydrogens is 649 g/mol. The number of carbonyl (C=O) groups excluding carboxylic acids is 2. The van der Waals surface area contributed by atoms with Gasteiger partial charge in [-0.15, -0.1) is 0 Å². The minimum atomic E-state index is -3.86. The van der Waals surface area contributed by atoms with Crippen molar-refractivity contribution >= 4 is 66.7 Å². The van der Waals surface area contributed by atoms with Gasteiger partial charge in [-0.2, -0.15) is 0 Å². The van der Waals surface area contributed by atoms with Crippen molar-refractivity contribution in [2.45, 2.75) is 52.2 Å². The molecule has 11 heteroatoms. The molecule has 1 atom stereocenters. The molecule has 2 amide bonds. The van der Waals surface area contributed by atoms with E-state index in [1.165, 1.54) is 4.90 Å². The van der Waals surface area contributed by atoms with Crippen molar-refractivity contribution in [3.8, 4) is 0 Å². The van der Waals surface area contributed by atoms with Gasteiger partial charge in [0.15, 0.2) is 0 Å². The first-order valence-electron chi connectivity index (χ1n) is 12.9. The lowest BCUT2D eigenvalue weighted by molar-refractivity contribution is -0.140.